The minimum atomic E-state index is -0.943. The van der Waals surface area contributed by atoms with Gasteiger partial charge in [0.1, 0.15) is 0 Å². The Labute approximate surface area is 139 Å². The Morgan fingerprint density at radius 2 is 2.13 bits per heavy atom. The van der Waals surface area contributed by atoms with Gasteiger partial charge in [-0.25, -0.2) is 13.8 Å². The lowest BCUT2D eigenvalue weighted by atomic mass is 10.0. The number of amides is 1. The molecule has 2 aromatic rings. The third kappa shape index (κ3) is 3.76. The van der Waals surface area contributed by atoms with E-state index in [4.69, 9.17) is 0 Å². The molecule has 1 N–H and O–H groups in total. The Morgan fingerprint density at radius 1 is 1.30 bits per heavy atom. The van der Waals surface area contributed by atoms with Crippen molar-refractivity contribution in [1.29, 1.82) is 0 Å². The van der Waals surface area contributed by atoms with Gasteiger partial charge >= 0.3 is 0 Å². The number of fused-ring (bicyclic) bond motifs is 1. The van der Waals surface area contributed by atoms with Crippen LogP contribution in [0, 0.1) is 11.6 Å². The molecule has 0 saturated carbocycles. The molecule has 1 heterocycles. The fraction of sp³-hybridized carbons (Fsp3) is 0.267. The number of benzene rings is 1. The molecule has 0 saturated heterocycles. The van der Waals surface area contributed by atoms with Gasteiger partial charge in [0.2, 0.25) is 5.91 Å². The molecule has 120 valence electrons. The van der Waals surface area contributed by atoms with Crippen molar-refractivity contribution in [3.05, 3.63) is 40.4 Å². The number of hydrogen-bond acceptors (Lipinski definition) is 5. The highest BCUT2D eigenvalue weighted by Crippen LogP contribution is 2.30. The number of Topliss-reactive ketones (excluding diaryl/α,β-unsaturated/α-hetero) is 1. The molecular formula is C15H12F2N2O2S2. The van der Waals surface area contributed by atoms with Crippen LogP contribution >= 0.6 is 23.1 Å². The van der Waals surface area contributed by atoms with Gasteiger partial charge < -0.3 is 5.32 Å². The van der Waals surface area contributed by atoms with E-state index in [0.29, 0.717) is 21.3 Å². The van der Waals surface area contributed by atoms with Crippen molar-refractivity contribution in [2.45, 2.75) is 24.2 Å². The van der Waals surface area contributed by atoms with E-state index in [2.05, 4.69) is 10.3 Å². The van der Waals surface area contributed by atoms with Crippen LogP contribution < -0.4 is 5.32 Å². The number of anilines is 1. The summed E-state index contributed by atoms with van der Waals surface area (Å²) in [6, 6.07) is 3.49. The van der Waals surface area contributed by atoms with Gasteiger partial charge in [-0.15, -0.1) is 11.8 Å². The molecule has 1 aliphatic carbocycles. The van der Waals surface area contributed by atoms with Crippen molar-refractivity contribution >= 4 is 39.9 Å². The van der Waals surface area contributed by atoms with Crippen molar-refractivity contribution in [2.75, 3.05) is 11.1 Å². The van der Waals surface area contributed by atoms with Gasteiger partial charge in [-0.05, 0) is 31.0 Å². The molecule has 0 atom stereocenters. The number of carbonyl (C=O) groups is 2. The zero-order valence-corrected chi connectivity index (χ0v) is 13.5. The predicted molar refractivity (Wildman–Crippen MR) is 85.1 cm³/mol. The Hall–Kier alpha value is -1.80. The first kappa shape index (κ1) is 16.1. The first-order valence-corrected chi connectivity index (χ1v) is 8.74. The van der Waals surface area contributed by atoms with Crippen LogP contribution in [-0.2, 0) is 11.2 Å². The number of thioether (sulfide) groups is 1. The first-order valence-electron chi connectivity index (χ1n) is 6.93. The van der Waals surface area contributed by atoms with E-state index in [-0.39, 0.29) is 17.4 Å². The minimum Gasteiger partial charge on any atom is -0.301 e. The Balaban J connectivity index is 1.59. The molecule has 0 spiro atoms. The Kier molecular flexibility index (Phi) is 4.72. The quantitative estimate of drug-likeness (QED) is 0.851. The number of hydrogen-bond donors (Lipinski definition) is 1. The van der Waals surface area contributed by atoms with Gasteiger partial charge in [0.05, 0.1) is 16.3 Å². The van der Waals surface area contributed by atoms with Crippen LogP contribution in [0.4, 0.5) is 13.9 Å². The predicted octanol–water partition coefficient (Wildman–Crippen LogP) is 3.67. The highest BCUT2D eigenvalue weighted by Gasteiger charge is 2.22. The van der Waals surface area contributed by atoms with Crippen LogP contribution in [0.3, 0.4) is 0 Å². The lowest BCUT2D eigenvalue weighted by molar-refractivity contribution is -0.113. The normalized spacial score (nSPS) is 13.7. The average Bonchev–Trinajstić information content (AvgIpc) is 2.92. The van der Waals surface area contributed by atoms with E-state index in [9.17, 15) is 18.4 Å². The number of thiazole rings is 1. The molecule has 0 bridgehead atoms. The van der Waals surface area contributed by atoms with Gasteiger partial charge in [0, 0.05) is 11.3 Å². The molecule has 1 amide bonds. The second kappa shape index (κ2) is 6.76. The minimum absolute atomic E-state index is 0.0449. The molecule has 0 unspecified atom stereocenters. The fourth-order valence-electron chi connectivity index (χ4n) is 2.19. The van der Waals surface area contributed by atoms with E-state index in [1.54, 1.807) is 0 Å². The zero-order valence-electron chi connectivity index (χ0n) is 11.9. The highest BCUT2D eigenvalue weighted by molar-refractivity contribution is 8.00. The molecule has 0 fully saturated rings. The van der Waals surface area contributed by atoms with E-state index in [0.717, 1.165) is 42.4 Å². The molecular weight excluding hydrogens is 342 g/mol. The molecule has 23 heavy (non-hydrogen) atoms. The number of nitrogens with zero attached hydrogens (tertiary/aromatic N) is 1. The maximum absolute atomic E-state index is 13.1. The summed E-state index contributed by atoms with van der Waals surface area (Å²) in [5.74, 6) is -2.06. The summed E-state index contributed by atoms with van der Waals surface area (Å²) in [7, 11) is 0. The summed E-state index contributed by atoms with van der Waals surface area (Å²) in [5.41, 5.74) is 0.745. The third-order valence-corrected chi connectivity index (χ3v) is 5.32. The van der Waals surface area contributed by atoms with Crippen molar-refractivity contribution in [1.82, 2.24) is 4.98 Å². The molecule has 0 aliphatic heterocycles. The fourth-order valence-corrected chi connectivity index (χ4v) is 3.91. The van der Waals surface area contributed by atoms with E-state index < -0.39 is 11.6 Å². The van der Waals surface area contributed by atoms with E-state index in [1.807, 2.05) is 0 Å². The van der Waals surface area contributed by atoms with E-state index in [1.165, 1.54) is 17.4 Å². The van der Waals surface area contributed by atoms with Crippen molar-refractivity contribution in [2.24, 2.45) is 0 Å². The maximum Gasteiger partial charge on any atom is 0.236 e. The molecule has 1 aromatic carbocycles. The Morgan fingerprint density at radius 3 is 2.87 bits per heavy atom. The second-order valence-electron chi connectivity index (χ2n) is 4.98. The summed E-state index contributed by atoms with van der Waals surface area (Å²) in [5, 5.41) is 3.05. The van der Waals surface area contributed by atoms with Crippen LogP contribution in [0.5, 0.6) is 0 Å². The summed E-state index contributed by atoms with van der Waals surface area (Å²) in [6.45, 7) is 0. The van der Waals surface area contributed by atoms with Crippen LogP contribution in [-0.4, -0.2) is 22.4 Å². The molecule has 1 aromatic heterocycles. The summed E-state index contributed by atoms with van der Waals surface area (Å²) in [6.07, 6.45) is 2.06. The number of nitrogens with one attached hydrogen (secondary N) is 1. The van der Waals surface area contributed by atoms with Crippen LogP contribution in [0.25, 0.3) is 0 Å². The molecule has 8 heteroatoms. The van der Waals surface area contributed by atoms with Gasteiger partial charge in [0.15, 0.2) is 22.5 Å². The second-order valence-corrected chi connectivity index (χ2v) is 7.03. The monoisotopic (exact) mass is 354 g/mol. The average molecular weight is 354 g/mol. The lowest BCUT2D eigenvalue weighted by Gasteiger charge is -2.05. The number of aromatic nitrogens is 1. The highest BCUT2D eigenvalue weighted by atomic mass is 32.2. The number of aryl methyl sites for hydroxylation is 1. The lowest BCUT2D eigenvalue weighted by Crippen LogP contribution is -2.13. The van der Waals surface area contributed by atoms with Crippen LogP contribution in [0.15, 0.2) is 23.1 Å². The zero-order chi connectivity index (χ0) is 16.4. The van der Waals surface area contributed by atoms with Gasteiger partial charge in [-0.1, -0.05) is 11.3 Å². The topological polar surface area (TPSA) is 59.1 Å². The molecule has 1 aliphatic rings. The van der Waals surface area contributed by atoms with E-state index >= 15 is 0 Å². The van der Waals surface area contributed by atoms with Gasteiger partial charge in [0.25, 0.3) is 0 Å². The van der Waals surface area contributed by atoms with Gasteiger partial charge in [-0.2, -0.15) is 0 Å². The van der Waals surface area contributed by atoms with Gasteiger partial charge in [-0.3, -0.25) is 9.59 Å². The summed E-state index contributed by atoms with van der Waals surface area (Å²) >= 11 is 2.28. The number of halogens is 2. The number of carbonyl (C=O) groups excluding carboxylic acids is 2. The largest absolute Gasteiger partial charge is 0.301 e. The SMILES string of the molecule is O=C(CSc1ccc(F)c(F)c1)Nc1nc2c(s1)C(=O)CCC2. The summed E-state index contributed by atoms with van der Waals surface area (Å²) in [4.78, 5) is 29.0. The third-order valence-electron chi connectivity index (χ3n) is 3.28. The standard InChI is InChI=1S/C15H12F2N2O2S2/c16-9-5-4-8(6-10(9)17)22-7-13(21)19-15-18-11-2-1-3-12(20)14(11)23-15/h4-6H,1-3,7H2,(H,18,19,21). The van der Waals surface area contributed by atoms with Crippen LogP contribution in [0.1, 0.15) is 28.2 Å². The van der Waals surface area contributed by atoms with Crippen molar-refractivity contribution in [3.63, 3.8) is 0 Å². The number of rotatable bonds is 4. The molecule has 0 radical (unpaired) electrons. The van der Waals surface area contributed by atoms with Crippen LogP contribution in [0.2, 0.25) is 0 Å². The summed E-state index contributed by atoms with van der Waals surface area (Å²) < 4.78 is 25.9. The smallest absolute Gasteiger partial charge is 0.236 e. The first-order chi connectivity index (χ1) is 11.0. The maximum atomic E-state index is 13.1. The van der Waals surface area contributed by atoms with Crippen molar-refractivity contribution < 1.29 is 18.4 Å². The number of ketones is 1. The molecule has 3 rings (SSSR count). The Bertz CT molecular complexity index is 777. The van der Waals surface area contributed by atoms with Crippen molar-refractivity contribution in [3.8, 4) is 0 Å². The molecule has 4 nitrogen and oxygen atoms in total.